The number of amides is 2. The van der Waals surface area contributed by atoms with E-state index in [0.717, 1.165) is 20.9 Å². The first kappa shape index (κ1) is 18.8. The van der Waals surface area contributed by atoms with Gasteiger partial charge in [-0.2, -0.15) is 5.10 Å². The minimum Gasteiger partial charge on any atom is -0.496 e. The van der Waals surface area contributed by atoms with Gasteiger partial charge >= 0.3 is 0 Å². The lowest BCUT2D eigenvalue weighted by atomic mass is 10.2. The summed E-state index contributed by atoms with van der Waals surface area (Å²) in [6.07, 6.45) is 1.48. The van der Waals surface area contributed by atoms with Gasteiger partial charge in [-0.05, 0) is 64.6 Å². The van der Waals surface area contributed by atoms with E-state index in [-0.39, 0.29) is 12.1 Å². The highest BCUT2D eigenvalue weighted by molar-refractivity contribution is 14.1. The molecule has 0 atom stereocenters. The fourth-order valence-corrected chi connectivity index (χ4v) is 2.63. The maximum Gasteiger partial charge on any atom is 0.259 e. The van der Waals surface area contributed by atoms with Gasteiger partial charge < -0.3 is 10.1 Å². The van der Waals surface area contributed by atoms with Crippen LogP contribution >= 0.6 is 22.6 Å². The van der Waals surface area contributed by atoms with E-state index in [9.17, 15) is 14.0 Å². The van der Waals surface area contributed by atoms with Gasteiger partial charge in [0.05, 0.1) is 23.4 Å². The lowest BCUT2D eigenvalue weighted by molar-refractivity contribution is -0.120. The molecule has 0 saturated heterocycles. The number of hydrogen-bond donors (Lipinski definition) is 2. The molecule has 0 saturated carbocycles. The number of hydrogen-bond acceptors (Lipinski definition) is 4. The van der Waals surface area contributed by atoms with Gasteiger partial charge in [0.1, 0.15) is 11.6 Å². The lowest BCUT2D eigenvalue weighted by Gasteiger charge is -2.05. The molecule has 0 radical (unpaired) electrons. The average molecular weight is 455 g/mol. The number of methoxy groups -OCH3 is 1. The predicted molar refractivity (Wildman–Crippen MR) is 100 cm³/mol. The first-order chi connectivity index (χ1) is 12.0. The second kappa shape index (κ2) is 9.11. The van der Waals surface area contributed by atoms with Crippen LogP contribution in [0.5, 0.6) is 5.75 Å². The smallest absolute Gasteiger partial charge is 0.259 e. The zero-order valence-electron chi connectivity index (χ0n) is 13.3. The maximum atomic E-state index is 13.0. The summed E-state index contributed by atoms with van der Waals surface area (Å²) in [7, 11) is 1.59. The molecule has 6 nitrogen and oxygen atoms in total. The van der Waals surface area contributed by atoms with Gasteiger partial charge in [-0.3, -0.25) is 9.59 Å². The molecule has 2 N–H and O–H groups in total. The Hall–Kier alpha value is -2.49. The van der Waals surface area contributed by atoms with Gasteiger partial charge in [0.2, 0.25) is 0 Å². The standard InChI is InChI=1S/C17H15FIN3O3/c1-25-15-6-5-11(7-14(15)19)9-21-22-16(23)10-20-17(24)12-3-2-4-13(18)8-12/h2-9H,10H2,1H3,(H,20,24)(H,22,23)/b21-9+. The molecule has 25 heavy (non-hydrogen) atoms. The number of carbonyl (C=O) groups excluding carboxylic acids is 2. The minimum atomic E-state index is -0.539. The summed E-state index contributed by atoms with van der Waals surface area (Å²) in [4.78, 5) is 23.5. The van der Waals surface area contributed by atoms with Crippen LogP contribution in [-0.2, 0) is 4.79 Å². The second-order valence-electron chi connectivity index (χ2n) is 4.88. The highest BCUT2D eigenvalue weighted by atomic mass is 127. The van der Waals surface area contributed by atoms with Gasteiger partial charge in [-0.15, -0.1) is 0 Å². The van der Waals surface area contributed by atoms with Gasteiger partial charge in [0, 0.05) is 5.56 Å². The predicted octanol–water partition coefficient (Wildman–Crippen LogP) is 2.32. The number of halogens is 2. The summed E-state index contributed by atoms with van der Waals surface area (Å²) in [5, 5.41) is 6.21. The molecule has 0 spiro atoms. The van der Waals surface area contributed by atoms with Crippen LogP contribution in [0.25, 0.3) is 0 Å². The molecule has 0 heterocycles. The van der Waals surface area contributed by atoms with Crippen molar-refractivity contribution in [3.63, 3.8) is 0 Å². The molecule has 2 aromatic carbocycles. The van der Waals surface area contributed by atoms with E-state index in [4.69, 9.17) is 4.74 Å². The molecule has 2 rings (SSSR count). The Morgan fingerprint density at radius 3 is 2.76 bits per heavy atom. The van der Waals surface area contributed by atoms with Crippen LogP contribution in [0, 0.1) is 9.39 Å². The molecule has 0 unspecified atom stereocenters. The highest BCUT2D eigenvalue weighted by Gasteiger charge is 2.08. The van der Waals surface area contributed by atoms with Crippen LogP contribution < -0.4 is 15.5 Å². The fourth-order valence-electron chi connectivity index (χ4n) is 1.87. The SMILES string of the molecule is COc1ccc(/C=N/NC(=O)CNC(=O)c2cccc(F)c2)cc1I. The summed E-state index contributed by atoms with van der Waals surface area (Å²) in [6, 6.07) is 10.6. The first-order valence-corrected chi connectivity index (χ1v) is 8.26. The van der Waals surface area contributed by atoms with E-state index in [1.54, 1.807) is 19.2 Å². The van der Waals surface area contributed by atoms with Gasteiger partial charge in [0.15, 0.2) is 0 Å². The Balaban J connectivity index is 1.82. The van der Waals surface area contributed by atoms with Crippen LogP contribution in [0.2, 0.25) is 0 Å². The van der Waals surface area contributed by atoms with Gasteiger partial charge in [-0.25, -0.2) is 9.82 Å². The van der Waals surface area contributed by atoms with Crippen molar-refractivity contribution in [2.45, 2.75) is 0 Å². The van der Waals surface area contributed by atoms with Crippen molar-refractivity contribution < 1.29 is 18.7 Å². The number of ether oxygens (including phenoxy) is 1. The van der Waals surface area contributed by atoms with Crippen molar-refractivity contribution >= 4 is 40.6 Å². The number of benzene rings is 2. The van der Waals surface area contributed by atoms with E-state index in [0.29, 0.717) is 0 Å². The summed E-state index contributed by atoms with van der Waals surface area (Å²) in [6.45, 7) is -0.271. The topological polar surface area (TPSA) is 79.8 Å². The number of hydrazone groups is 1. The molecular formula is C17H15FIN3O3. The monoisotopic (exact) mass is 455 g/mol. The molecule has 130 valence electrons. The Morgan fingerprint density at radius 1 is 1.28 bits per heavy atom. The van der Waals surface area contributed by atoms with Crippen LogP contribution in [0.3, 0.4) is 0 Å². The molecule has 2 aromatic rings. The zero-order chi connectivity index (χ0) is 18.2. The molecule has 0 aliphatic rings. The maximum absolute atomic E-state index is 13.0. The van der Waals surface area contributed by atoms with Crippen molar-refractivity contribution in [3.8, 4) is 5.75 Å². The van der Waals surface area contributed by atoms with Crippen molar-refractivity contribution in [1.82, 2.24) is 10.7 Å². The summed E-state index contributed by atoms with van der Waals surface area (Å²) < 4.78 is 19.1. The summed E-state index contributed by atoms with van der Waals surface area (Å²) >= 11 is 2.13. The molecule has 8 heteroatoms. The summed E-state index contributed by atoms with van der Waals surface area (Å²) in [5.74, 6) is -0.801. The summed E-state index contributed by atoms with van der Waals surface area (Å²) in [5.41, 5.74) is 3.23. The van der Waals surface area contributed by atoms with Crippen molar-refractivity contribution in [1.29, 1.82) is 0 Å². The largest absolute Gasteiger partial charge is 0.496 e. The molecule has 2 amide bonds. The molecule has 0 aliphatic carbocycles. The Bertz CT molecular complexity index is 811. The van der Waals surface area contributed by atoms with E-state index in [1.807, 2.05) is 6.07 Å². The third-order valence-electron chi connectivity index (χ3n) is 3.08. The highest BCUT2D eigenvalue weighted by Crippen LogP contribution is 2.20. The Morgan fingerprint density at radius 2 is 2.08 bits per heavy atom. The lowest BCUT2D eigenvalue weighted by Crippen LogP contribution is -2.34. The normalized spacial score (nSPS) is 10.5. The van der Waals surface area contributed by atoms with E-state index < -0.39 is 17.6 Å². The number of carbonyl (C=O) groups is 2. The third-order valence-corrected chi connectivity index (χ3v) is 3.92. The van der Waals surface area contributed by atoms with Gasteiger partial charge in [0.25, 0.3) is 11.8 Å². The average Bonchev–Trinajstić information content (AvgIpc) is 2.60. The van der Waals surface area contributed by atoms with Crippen LogP contribution in [-0.4, -0.2) is 31.7 Å². The molecule has 0 aromatic heterocycles. The number of rotatable bonds is 6. The Kier molecular flexibility index (Phi) is 6.87. The van der Waals surface area contributed by atoms with E-state index >= 15 is 0 Å². The van der Waals surface area contributed by atoms with E-state index in [2.05, 4.69) is 38.4 Å². The fraction of sp³-hybridized carbons (Fsp3) is 0.118. The second-order valence-corrected chi connectivity index (χ2v) is 6.04. The molecular weight excluding hydrogens is 440 g/mol. The van der Waals surface area contributed by atoms with Crippen molar-refractivity contribution in [2.24, 2.45) is 5.10 Å². The van der Waals surface area contributed by atoms with E-state index in [1.165, 1.54) is 24.4 Å². The quantitative estimate of drug-likeness (QED) is 0.399. The van der Waals surface area contributed by atoms with Crippen LogP contribution in [0.1, 0.15) is 15.9 Å². The third kappa shape index (κ3) is 5.82. The van der Waals surface area contributed by atoms with Crippen LogP contribution in [0.15, 0.2) is 47.6 Å². The minimum absolute atomic E-state index is 0.143. The van der Waals surface area contributed by atoms with Crippen LogP contribution in [0.4, 0.5) is 4.39 Å². The van der Waals surface area contributed by atoms with Gasteiger partial charge in [-0.1, -0.05) is 6.07 Å². The van der Waals surface area contributed by atoms with Crippen molar-refractivity contribution in [2.75, 3.05) is 13.7 Å². The zero-order valence-corrected chi connectivity index (χ0v) is 15.4. The molecule has 0 fully saturated rings. The molecule has 0 aliphatic heterocycles. The number of nitrogens with one attached hydrogen (secondary N) is 2. The molecule has 0 bridgehead atoms. The number of nitrogens with zero attached hydrogens (tertiary/aromatic N) is 1. The van der Waals surface area contributed by atoms with Crippen molar-refractivity contribution in [3.05, 3.63) is 63.0 Å². The Labute approximate surface area is 157 Å². The first-order valence-electron chi connectivity index (χ1n) is 7.19.